The van der Waals surface area contributed by atoms with Crippen LogP contribution in [0.3, 0.4) is 0 Å². The van der Waals surface area contributed by atoms with E-state index in [9.17, 15) is 0 Å². The van der Waals surface area contributed by atoms with Crippen molar-refractivity contribution in [2.45, 2.75) is 33.2 Å². The molecule has 17 heavy (non-hydrogen) atoms. The molecule has 92 valence electrons. The maximum Gasteiger partial charge on any atom is 0.0800 e. The quantitative estimate of drug-likeness (QED) is 0.903. The summed E-state index contributed by atoms with van der Waals surface area (Å²) in [4.78, 5) is 3.93. The van der Waals surface area contributed by atoms with Crippen LogP contribution in [0.15, 0.2) is 12.1 Å². The lowest BCUT2D eigenvalue weighted by molar-refractivity contribution is 0.610. The SMILES string of the molecule is CCCNC(c1ccc(C)s1)c1snnc1C. The van der Waals surface area contributed by atoms with Crippen molar-refractivity contribution in [3.63, 3.8) is 0 Å². The first-order valence-electron chi connectivity index (χ1n) is 5.81. The molecule has 1 unspecified atom stereocenters. The Bertz CT molecular complexity index is 476. The molecule has 1 N–H and O–H groups in total. The zero-order valence-electron chi connectivity index (χ0n) is 10.4. The minimum atomic E-state index is 0.258. The summed E-state index contributed by atoms with van der Waals surface area (Å²) in [6, 6.07) is 4.63. The van der Waals surface area contributed by atoms with Crippen LogP contribution < -0.4 is 5.32 Å². The van der Waals surface area contributed by atoms with Gasteiger partial charge in [0.05, 0.1) is 16.6 Å². The summed E-state index contributed by atoms with van der Waals surface area (Å²) in [7, 11) is 0. The van der Waals surface area contributed by atoms with Crippen LogP contribution in [0.4, 0.5) is 0 Å². The lowest BCUT2D eigenvalue weighted by Crippen LogP contribution is -2.22. The predicted molar refractivity (Wildman–Crippen MR) is 73.8 cm³/mol. The second-order valence-electron chi connectivity index (χ2n) is 4.06. The van der Waals surface area contributed by atoms with E-state index < -0.39 is 0 Å². The molecular formula is C12H17N3S2. The third-order valence-electron chi connectivity index (χ3n) is 2.59. The number of nitrogens with zero attached hydrogens (tertiary/aromatic N) is 2. The van der Waals surface area contributed by atoms with E-state index in [4.69, 9.17) is 0 Å². The van der Waals surface area contributed by atoms with Crippen molar-refractivity contribution in [2.24, 2.45) is 0 Å². The topological polar surface area (TPSA) is 37.8 Å². The van der Waals surface area contributed by atoms with Gasteiger partial charge in [0.25, 0.3) is 0 Å². The molecule has 0 bridgehead atoms. The Kier molecular flexibility index (Phi) is 4.25. The molecule has 0 saturated heterocycles. The van der Waals surface area contributed by atoms with Crippen LogP contribution in [-0.4, -0.2) is 16.1 Å². The lowest BCUT2D eigenvalue weighted by atomic mass is 10.1. The molecule has 0 spiro atoms. The monoisotopic (exact) mass is 267 g/mol. The summed E-state index contributed by atoms with van der Waals surface area (Å²) in [6.07, 6.45) is 1.13. The Balaban J connectivity index is 2.28. The van der Waals surface area contributed by atoms with Crippen LogP contribution in [0.1, 0.15) is 39.7 Å². The van der Waals surface area contributed by atoms with Gasteiger partial charge in [-0.1, -0.05) is 11.4 Å². The maximum atomic E-state index is 4.11. The number of hydrogen-bond donors (Lipinski definition) is 1. The first-order valence-corrected chi connectivity index (χ1v) is 7.40. The highest BCUT2D eigenvalue weighted by Gasteiger charge is 2.19. The normalized spacial score (nSPS) is 12.9. The van der Waals surface area contributed by atoms with Crippen molar-refractivity contribution in [1.29, 1.82) is 0 Å². The molecule has 0 fully saturated rings. The number of rotatable bonds is 5. The molecule has 2 heterocycles. The molecule has 0 amide bonds. The van der Waals surface area contributed by atoms with Crippen LogP contribution in [0.25, 0.3) is 0 Å². The molecule has 0 saturated carbocycles. The highest BCUT2D eigenvalue weighted by molar-refractivity contribution is 7.12. The molecule has 0 radical (unpaired) electrons. The van der Waals surface area contributed by atoms with Crippen molar-refractivity contribution in [2.75, 3.05) is 6.54 Å². The zero-order chi connectivity index (χ0) is 12.3. The van der Waals surface area contributed by atoms with Crippen LogP contribution in [0.2, 0.25) is 0 Å². The summed E-state index contributed by atoms with van der Waals surface area (Å²) in [6.45, 7) is 7.36. The molecule has 0 aliphatic rings. The van der Waals surface area contributed by atoms with E-state index in [-0.39, 0.29) is 6.04 Å². The highest BCUT2D eigenvalue weighted by Crippen LogP contribution is 2.31. The van der Waals surface area contributed by atoms with E-state index in [1.54, 1.807) is 0 Å². The number of aromatic nitrogens is 2. The van der Waals surface area contributed by atoms with Gasteiger partial charge in [-0.05, 0) is 50.5 Å². The van der Waals surface area contributed by atoms with E-state index in [1.165, 1.54) is 26.2 Å². The predicted octanol–water partition coefficient (Wildman–Crippen LogP) is 3.31. The van der Waals surface area contributed by atoms with Crippen molar-refractivity contribution in [3.8, 4) is 0 Å². The fraction of sp³-hybridized carbons (Fsp3) is 0.500. The molecule has 5 heteroatoms. The van der Waals surface area contributed by atoms with Gasteiger partial charge in [-0.15, -0.1) is 16.4 Å². The average Bonchev–Trinajstić information content (AvgIpc) is 2.90. The minimum Gasteiger partial charge on any atom is -0.305 e. The molecule has 0 aliphatic carbocycles. The Morgan fingerprint density at radius 3 is 2.71 bits per heavy atom. The van der Waals surface area contributed by atoms with Gasteiger partial charge < -0.3 is 5.32 Å². The smallest absolute Gasteiger partial charge is 0.0800 e. The molecule has 2 aromatic heterocycles. The molecule has 2 rings (SSSR count). The van der Waals surface area contributed by atoms with Crippen molar-refractivity contribution < 1.29 is 0 Å². The third kappa shape index (κ3) is 2.91. The third-order valence-corrected chi connectivity index (χ3v) is 4.55. The van der Waals surface area contributed by atoms with E-state index >= 15 is 0 Å². The Labute approximate surface area is 110 Å². The van der Waals surface area contributed by atoms with Gasteiger partial charge in [0.1, 0.15) is 0 Å². The van der Waals surface area contributed by atoms with E-state index in [0.717, 1.165) is 18.7 Å². The summed E-state index contributed by atoms with van der Waals surface area (Å²) in [5, 5.41) is 7.69. The fourth-order valence-electron chi connectivity index (χ4n) is 1.72. The summed E-state index contributed by atoms with van der Waals surface area (Å²) < 4.78 is 4.04. The Hall–Kier alpha value is -0.780. The fourth-order valence-corrected chi connectivity index (χ4v) is 3.50. The average molecular weight is 267 g/mol. The Morgan fingerprint density at radius 1 is 1.35 bits per heavy atom. The van der Waals surface area contributed by atoms with Crippen molar-refractivity contribution in [3.05, 3.63) is 32.5 Å². The van der Waals surface area contributed by atoms with Crippen LogP contribution in [0, 0.1) is 13.8 Å². The van der Waals surface area contributed by atoms with Gasteiger partial charge >= 0.3 is 0 Å². The van der Waals surface area contributed by atoms with E-state index in [0.29, 0.717) is 0 Å². The largest absolute Gasteiger partial charge is 0.305 e. The second-order valence-corrected chi connectivity index (χ2v) is 6.16. The van der Waals surface area contributed by atoms with Crippen LogP contribution in [0.5, 0.6) is 0 Å². The van der Waals surface area contributed by atoms with Crippen LogP contribution in [-0.2, 0) is 0 Å². The first-order chi connectivity index (χ1) is 8.22. The van der Waals surface area contributed by atoms with Crippen molar-refractivity contribution in [1.82, 2.24) is 14.9 Å². The minimum absolute atomic E-state index is 0.258. The number of nitrogens with one attached hydrogen (secondary N) is 1. The highest BCUT2D eigenvalue weighted by atomic mass is 32.1. The van der Waals surface area contributed by atoms with Gasteiger partial charge in [0.2, 0.25) is 0 Å². The summed E-state index contributed by atoms with van der Waals surface area (Å²) in [5.74, 6) is 0. The number of thiophene rings is 1. The van der Waals surface area contributed by atoms with Crippen LogP contribution >= 0.6 is 22.9 Å². The Morgan fingerprint density at radius 2 is 2.18 bits per heavy atom. The molecule has 0 aromatic carbocycles. The van der Waals surface area contributed by atoms with Gasteiger partial charge in [-0.2, -0.15) is 0 Å². The number of hydrogen-bond acceptors (Lipinski definition) is 5. The lowest BCUT2D eigenvalue weighted by Gasteiger charge is -2.15. The van der Waals surface area contributed by atoms with Gasteiger partial charge in [-0.25, -0.2) is 0 Å². The second kappa shape index (κ2) is 5.71. The standard InChI is InChI=1S/C12H17N3S2/c1-4-7-13-11(10-6-5-8(2)16-10)12-9(3)14-15-17-12/h5-6,11,13H,4,7H2,1-3H3. The number of aryl methyl sites for hydroxylation is 2. The molecule has 3 nitrogen and oxygen atoms in total. The first kappa shape index (κ1) is 12.7. The van der Waals surface area contributed by atoms with Gasteiger partial charge in [0, 0.05) is 9.75 Å². The summed E-state index contributed by atoms with van der Waals surface area (Å²) >= 11 is 3.34. The molecule has 0 aliphatic heterocycles. The van der Waals surface area contributed by atoms with E-state index in [2.05, 4.69) is 40.9 Å². The maximum absolute atomic E-state index is 4.11. The molecule has 1 atom stereocenters. The molecule has 2 aromatic rings. The van der Waals surface area contributed by atoms with E-state index in [1.807, 2.05) is 18.3 Å². The van der Waals surface area contributed by atoms with Gasteiger partial charge in [0.15, 0.2) is 0 Å². The zero-order valence-corrected chi connectivity index (χ0v) is 12.0. The van der Waals surface area contributed by atoms with Crippen molar-refractivity contribution >= 4 is 22.9 Å². The summed E-state index contributed by atoms with van der Waals surface area (Å²) in [5.41, 5.74) is 1.04. The van der Waals surface area contributed by atoms with Gasteiger partial charge in [-0.3, -0.25) is 0 Å². The molecular weight excluding hydrogens is 250 g/mol.